The van der Waals surface area contributed by atoms with E-state index in [1.54, 1.807) is 0 Å². The fourth-order valence-corrected chi connectivity index (χ4v) is 5.08. The number of carbonyl (C=O) groups excluding carboxylic acids is 2. The molecular formula is C27H25NO2. The lowest BCUT2D eigenvalue weighted by atomic mass is 9.76. The minimum absolute atomic E-state index is 0.0756. The molecule has 0 radical (unpaired) electrons. The zero-order valence-corrected chi connectivity index (χ0v) is 17.4. The van der Waals surface area contributed by atoms with E-state index in [2.05, 4.69) is 36.4 Å². The first-order valence-electron chi connectivity index (χ1n) is 10.7. The lowest BCUT2D eigenvalue weighted by Crippen LogP contribution is -2.40. The number of aryl methyl sites for hydroxylation is 2. The van der Waals surface area contributed by atoms with Crippen LogP contribution in [0.1, 0.15) is 48.3 Å². The van der Waals surface area contributed by atoms with Crippen molar-refractivity contribution in [1.29, 1.82) is 0 Å². The smallest absolute Gasteiger partial charge is 0.232 e. The highest BCUT2D eigenvalue weighted by Gasteiger charge is 2.39. The van der Waals surface area contributed by atoms with Crippen LogP contribution in [0.15, 0.2) is 71.9 Å². The summed E-state index contributed by atoms with van der Waals surface area (Å²) in [6.45, 7) is 4.09. The summed E-state index contributed by atoms with van der Waals surface area (Å²) >= 11 is 0. The largest absolute Gasteiger partial charge is 0.294 e. The predicted molar refractivity (Wildman–Crippen MR) is 121 cm³/mol. The highest BCUT2D eigenvalue weighted by atomic mass is 16.2. The normalized spacial score (nSPS) is 19.4. The van der Waals surface area contributed by atoms with Crippen molar-refractivity contribution < 1.29 is 9.59 Å². The number of rotatable bonds is 2. The summed E-state index contributed by atoms with van der Waals surface area (Å²) in [4.78, 5) is 28.3. The Bertz CT molecular complexity index is 1200. The molecule has 0 fully saturated rings. The number of benzene rings is 3. The van der Waals surface area contributed by atoms with Gasteiger partial charge < -0.3 is 0 Å². The molecule has 0 bridgehead atoms. The van der Waals surface area contributed by atoms with Gasteiger partial charge in [0.2, 0.25) is 5.91 Å². The molecule has 0 N–H and O–H groups in total. The second-order valence-corrected chi connectivity index (χ2v) is 8.58. The van der Waals surface area contributed by atoms with Crippen molar-refractivity contribution in [2.75, 3.05) is 4.90 Å². The zero-order valence-electron chi connectivity index (χ0n) is 17.4. The first-order chi connectivity index (χ1) is 14.5. The van der Waals surface area contributed by atoms with E-state index in [4.69, 9.17) is 0 Å². The molecule has 1 heterocycles. The third kappa shape index (κ3) is 3.15. The number of nitrogens with zero attached hydrogens (tertiary/aromatic N) is 1. The molecule has 1 atom stereocenters. The van der Waals surface area contributed by atoms with Crippen LogP contribution in [0, 0.1) is 13.8 Å². The summed E-state index contributed by atoms with van der Waals surface area (Å²) in [6.07, 6.45) is 2.47. The average molecular weight is 396 g/mol. The van der Waals surface area contributed by atoms with Crippen LogP contribution in [0.4, 0.5) is 5.69 Å². The lowest BCUT2D eigenvalue weighted by Gasteiger charge is -2.38. The topological polar surface area (TPSA) is 37.4 Å². The minimum Gasteiger partial charge on any atom is -0.294 e. The van der Waals surface area contributed by atoms with Crippen molar-refractivity contribution in [2.45, 2.75) is 45.4 Å². The van der Waals surface area contributed by atoms with Crippen LogP contribution in [0.5, 0.6) is 0 Å². The first-order valence-corrected chi connectivity index (χ1v) is 10.7. The van der Waals surface area contributed by atoms with Gasteiger partial charge in [-0.25, -0.2) is 0 Å². The number of hydrogen-bond donors (Lipinski definition) is 0. The summed E-state index contributed by atoms with van der Waals surface area (Å²) in [7, 11) is 0. The van der Waals surface area contributed by atoms with Gasteiger partial charge in [0.25, 0.3) is 0 Å². The van der Waals surface area contributed by atoms with Crippen LogP contribution in [-0.2, 0) is 9.59 Å². The van der Waals surface area contributed by atoms with Gasteiger partial charge >= 0.3 is 0 Å². The highest BCUT2D eigenvalue weighted by molar-refractivity contribution is 6.07. The van der Waals surface area contributed by atoms with E-state index in [9.17, 15) is 9.59 Å². The summed E-state index contributed by atoms with van der Waals surface area (Å²) in [5.41, 5.74) is 5.94. The molecule has 0 saturated carbocycles. The Morgan fingerprint density at radius 3 is 2.33 bits per heavy atom. The molecule has 2 aliphatic rings. The van der Waals surface area contributed by atoms with Gasteiger partial charge in [-0.1, -0.05) is 48.5 Å². The Hall–Kier alpha value is -3.20. The molecule has 1 aliphatic carbocycles. The molecule has 0 spiro atoms. The average Bonchev–Trinajstić information content (AvgIpc) is 2.72. The number of ketones is 1. The van der Waals surface area contributed by atoms with Gasteiger partial charge in [-0.2, -0.15) is 0 Å². The summed E-state index contributed by atoms with van der Waals surface area (Å²) in [6, 6.07) is 20.7. The maximum absolute atomic E-state index is 13.4. The van der Waals surface area contributed by atoms with Crippen molar-refractivity contribution in [2.24, 2.45) is 0 Å². The second-order valence-electron chi connectivity index (χ2n) is 8.58. The van der Waals surface area contributed by atoms with Crippen molar-refractivity contribution in [1.82, 2.24) is 0 Å². The van der Waals surface area contributed by atoms with Crippen LogP contribution in [0.25, 0.3) is 10.8 Å². The molecule has 3 nitrogen and oxygen atoms in total. The standard InChI is InChI=1S/C27H25NO2/c1-17-12-18(2)14-22(13-17)28-24-8-5-9-25(29)27(24)23(16-26(28)30)21-11-10-19-6-3-4-7-20(19)15-21/h3-4,6-7,10-15,23H,5,8-9,16H2,1-2H3. The van der Waals surface area contributed by atoms with E-state index in [1.807, 2.05) is 43.0 Å². The number of fused-ring (bicyclic) bond motifs is 1. The fourth-order valence-electron chi connectivity index (χ4n) is 5.08. The van der Waals surface area contributed by atoms with Gasteiger partial charge in [0.1, 0.15) is 0 Å². The molecule has 3 heteroatoms. The third-order valence-corrected chi connectivity index (χ3v) is 6.32. The van der Waals surface area contributed by atoms with Crippen LogP contribution < -0.4 is 4.90 Å². The second kappa shape index (κ2) is 7.24. The molecular weight excluding hydrogens is 370 g/mol. The molecule has 1 unspecified atom stereocenters. The predicted octanol–water partition coefficient (Wildman–Crippen LogP) is 5.98. The molecule has 1 aliphatic heterocycles. The van der Waals surface area contributed by atoms with Crippen molar-refractivity contribution >= 4 is 28.2 Å². The quantitative estimate of drug-likeness (QED) is 0.535. The van der Waals surface area contributed by atoms with E-state index in [1.165, 1.54) is 5.39 Å². The Morgan fingerprint density at radius 1 is 0.833 bits per heavy atom. The Kier molecular flexibility index (Phi) is 4.54. The number of Topliss-reactive ketones (excluding diaryl/α,β-unsaturated/α-hetero) is 1. The highest BCUT2D eigenvalue weighted by Crippen LogP contribution is 2.44. The number of amides is 1. The molecule has 0 aromatic heterocycles. The van der Waals surface area contributed by atoms with E-state index in [0.29, 0.717) is 12.8 Å². The third-order valence-electron chi connectivity index (χ3n) is 6.32. The van der Waals surface area contributed by atoms with Crippen LogP contribution in [0.2, 0.25) is 0 Å². The van der Waals surface area contributed by atoms with Gasteiger partial charge in [0.05, 0.1) is 0 Å². The van der Waals surface area contributed by atoms with E-state index in [-0.39, 0.29) is 17.6 Å². The van der Waals surface area contributed by atoms with Gasteiger partial charge in [0.15, 0.2) is 5.78 Å². The Balaban J connectivity index is 1.67. The SMILES string of the molecule is Cc1cc(C)cc(N2C(=O)CC(c3ccc4ccccc4c3)C3=C2CCCC3=O)c1. The summed E-state index contributed by atoms with van der Waals surface area (Å²) < 4.78 is 0. The molecule has 3 aromatic carbocycles. The van der Waals surface area contributed by atoms with Crippen molar-refractivity contribution in [3.8, 4) is 0 Å². The summed E-state index contributed by atoms with van der Waals surface area (Å²) in [5, 5.41) is 2.31. The van der Waals surface area contributed by atoms with Gasteiger partial charge in [-0.05, 0) is 66.3 Å². The van der Waals surface area contributed by atoms with E-state index < -0.39 is 0 Å². The Morgan fingerprint density at radius 2 is 1.57 bits per heavy atom. The van der Waals surface area contributed by atoms with E-state index >= 15 is 0 Å². The molecule has 150 valence electrons. The summed E-state index contributed by atoms with van der Waals surface area (Å²) in [5.74, 6) is 0.106. The van der Waals surface area contributed by atoms with Gasteiger partial charge in [-0.3, -0.25) is 14.5 Å². The molecule has 0 saturated heterocycles. The van der Waals surface area contributed by atoms with Gasteiger partial charge in [0, 0.05) is 35.7 Å². The van der Waals surface area contributed by atoms with Gasteiger partial charge in [-0.15, -0.1) is 0 Å². The maximum Gasteiger partial charge on any atom is 0.232 e. The van der Waals surface area contributed by atoms with Crippen LogP contribution in [0.3, 0.4) is 0 Å². The number of allylic oxidation sites excluding steroid dienone is 2. The Labute approximate surface area is 177 Å². The zero-order chi connectivity index (χ0) is 20.8. The minimum atomic E-state index is -0.160. The van der Waals surface area contributed by atoms with Crippen molar-refractivity contribution in [3.63, 3.8) is 0 Å². The fraction of sp³-hybridized carbons (Fsp3) is 0.259. The van der Waals surface area contributed by atoms with Crippen LogP contribution in [-0.4, -0.2) is 11.7 Å². The van der Waals surface area contributed by atoms with Crippen LogP contribution >= 0.6 is 0 Å². The number of carbonyl (C=O) groups is 2. The molecule has 3 aromatic rings. The monoisotopic (exact) mass is 395 g/mol. The first kappa shape index (κ1) is 18.8. The molecule has 5 rings (SSSR count). The molecule has 1 amide bonds. The maximum atomic E-state index is 13.4. The number of hydrogen-bond acceptors (Lipinski definition) is 2. The lowest BCUT2D eigenvalue weighted by molar-refractivity contribution is -0.119. The van der Waals surface area contributed by atoms with E-state index in [0.717, 1.165) is 51.9 Å². The molecule has 30 heavy (non-hydrogen) atoms. The number of anilines is 1. The van der Waals surface area contributed by atoms with Crippen molar-refractivity contribution in [3.05, 3.63) is 88.6 Å².